The molecular formula is C13H14ClN5O4. The highest BCUT2D eigenvalue weighted by atomic mass is 35.5. The van der Waals surface area contributed by atoms with Crippen LogP contribution in [0.1, 0.15) is 13.2 Å². The van der Waals surface area contributed by atoms with Crippen LogP contribution in [-0.2, 0) is 4.74 Å². The van der Waals surface area contributed by atoms with Crippen LogP contribution in [0, 0.1) is 11.3 Å². The zero-order chi connectivity index (χ0) is 16.8. The van der Waals surface area contributed by atoms with Gasteiger partial charge in [-0.1, -0.05) is 0 Å². The zero-order valence-electron chi connectivity index (χ0n) is 12.0. The predicted octanol–water partition coefficient (Wildman–Crippen LogP) is -1.02. The summed E-state index contributed by atoms with van der Waals surface area (Å²) in [5.74, 6) is 2.35. The first-order valence-corrected chi connectivity index (χ1v) is 7.08. The maximum absolute atomic E-state index is 10.8. The molecule has 1 aliphatic rings. The average Bonchev–Trinajstić information content (AvgIpc) is 3.00. The Morgan fingerprint density at radius 2 is 2.26 bits per heavy atom. The first-order chi connectivity index (χ1) is 10.9. The van der Waals surface area contributed by atoms with Crippen LogP contribution in [0.2, 0.25) is 0 Å². The summed E-state index contributed by atoms with van der Waals surface area (Å²) in [6.07, 6.45) is -2.04. The Bertz CT molecular complexity index is 800. The molecule has 3 heterocycles. The Labute approximate surface area is 135 Å². The monoisotopic (exact) mass is 339 g/mol. The van der Waals surface area contributed by atoms with Crippen LogP contribution in [0.4, 0.5) is 5.95 Å². The van der Waals surface area contributed by atoms with Crippen LogP contribution in [0.15, 0.2) is 12.5 Å². The molecule has 1 aliphatic heterocycles. The van der Waals surface area contributed by atoms with E-state index in [1.807, 2.05) is 0 Å². The number of ether oxygens (including phenoxy) is 1. The largest absolute Gasteiger partial charge is 0.391 e. The van der Waals surface area contributed by atoms with E-state index in [1.54, 1.807) is 0 Å². The second-order valence-electron chi connectivity index (χ2n) is 5.27. The molecule has 0 aliphatic carbocycles. The molecular weight excluding hydrogens is 326 g/mol. The number of hydrogen-bond donors (Lipinski definition) is 4. The highest BCUT2D eigenvalue weighted by Gasteiger charge is 2.57. The third-order valence-electron chi connectivity index (χ3n) is 3.73. The first-order valence-electron chi connectivity index (χ1n) is 6.70. The summed E-state index contributed by atoms with van der Waals surface area (Å²) in [6.45, 7) is 1.43. The average molecular weight is 340 g/mol. The highest BCUT2D eigenvalue weighted by molar-refractivity contribution is 6.30. The van der Waals surface area contributed by atoms with Gasteiger partial charge < -0.3 is 25.8 Å². The summed E-state index contributed by atoms with van der Waals surface area (Å²) in [5, 5.41) is 32.9. The number of aliphatic hydroxyl groups is 3. The number of nitrogen functional groups attached to an aromatic ring is 1. The molecule has 0 saturated carbocycles. The molecule has 5 atom stereocenters. The highest BCUT2D eigenvalue weighted by Crippen LogP contribution is 2.40. The molecule has 0 aromatic carbocycles. The topological polar surface area (TPSA) is 140 Å². The molecule has 0 radical (unpaired) electrons. The van der Waals surface area contributed by atoms with Gasteiger partial charge in [-0.2, -0.15) is 4.98 Å². The van der Waals surface area contributed by atoms with Crippen molar-refractivity contribution < 1.29 is 20.1 Å². The number of nitrogens with zero attached hydrogens (tertiary/aromatic N) is 4. The van der Waals surface area contributed by atoms with E-state index >= 15 is 0 Å². The normalized spacial score (nSPS) is 31.8. The van der Waals surface area contributed by atoms with Gasteiger partial charge in [0, 0.05) is 5.38 Å². The zero-order valence-corrected chi connectivity index (χ0v) is 12.7. The number of imidazole rings is 1. The SMILES string of the molecule is C[C@@H](O)[C@H]1O[C@@H](n2cnc3cnc(N)nc32)C(O)(C#CCl)C1O. The number of anilines is 1. The fourth-order valence-corrected chi connectivity index (χ4v) is 2.75. The molecule has 2 aromatic rings. The lowest BCUT2D eigenvalue weighted by Crippen LogP contribution is -2.47. The van der Waals surface area contributed by atoms with E-state index in [0.29, 0.717) is 5.52 Å². The van der Waals surface area contributed by atoms with Gasteiger partial charge in [0.15, 0.2) is 11.9 Å². The molecule has 3 rings (SSSR count). The van der Waals surface area contributed by atoms with Crippen molar-refractivity contribution in [2.24, 2.45) is 0 Å². The van der Waals surface area contributed by atoms with Crippen LogP contribution in [0.5, 0.6) is 0 Å². The Morgan fingerprint density at radius 1 is 1.52 bits per heavy atom. The van der Waals surface area contributed by atoms with E-state index in [0.717, 1.165) is 0 Å². The van der Waals surface area contributed by atoms with E-state index in [2.05, 4.69) is 26.3 Å². The summed E-state index contributed by atoms with van der Waals surface area (Å²) in [4.78, 5) is 12.0. The van der Waals surface area contributed by atoms with Crippen molar-refractivity contribution in [3.05, 3.63) is 12.5 Å². The first kappa shape index (κ1) is 15.9. The molecule has 23 heavy (non-hydrogen) atoms. The van der Waals surface area contributed by atoms with Crippen molar-refractivity contribution in [1.82, 2.24) is 19.5 Å². The standard InChI is InChI=1S/C13H14ClN5O4/c1-6(20)8-9(21)13(22,2-3-14)11(23-8)19-5-17-7-4-16-12(15)18-10(7)19/h4-6,8-9,11,20-22H,1H3,(H2,15,16,18)/t6-,8-,9?,11-,13?/m1/s1. The summed E-state index contributed by atoms with van der Waals surface area (Å²) in [6, 6.07) is 0. The molecule has 2 unspecified atom stereocenters. The Balaban J connectivity index is 2.14. The lowest BCUT2D eigenvalue weighted by molar-refractivity contribution is -0.0847. The number of halogens is 1. The van der Waals surface area contributed by atoms with Gasteiger partial charge in [-0.3, -0.25) is 4.57 Å². The second kappa shape index (κ2) is 5.59. The minimum Gasteiger partial charge on any atom is -0.391 e. The van der Waals surface area contributed by atoms with E-state index in [4.69, 9.17) is 22.1 Å². The maximum atomic E-state index is 10.8. The number of aromatic nitrogens is 4. The fraction of sp³-hybridized carbons (Fsp3) is 0.462. The Hall–Kier alpha value is -1.96. The quantitative estimate of drug-likeness (QED) is 0.510. The van der Waals surface area contributed by atoms with Crippen molar-refractivity contribution in [1.29, 1.82) is 0 Å². The fourth-order valence-electron chi connectivity index (χ4n) is 2.60. The number of fused-ring (bicyclic) bond motifs is 1. The molecule has 122 valence electrons. The van der Waals surface area contributed by atoms with Gasteiger partial charge in [-0.25, -0.2) is 9.97 Å². The number of aliphatic hydroxyl groups excluding tert-OH is 2. The minimum absolute atomic E-state index is 0.0110. The summed E-state index contributed by atoms with van der Waals surface area (Å²) >= 11 is 5.41. The molecule has 10 heteroatoms. The minimum atomic E-state index is -2.06. The third-order valence-corrected chi connectivity index (χ3v) is 3.83. The van der Waals surface area contributed by atoms with Gasteiger partial charge in [-0.15, -0.1) is 0 Å². The number of rotatable bonds is 2. The summed E-state index contributed by atoms with van der Waals surface area (Å²) in [5.41, 5.74) is 4.22. The van der Waals surface area contributed by atoms with Crippen LogP contribution >= 0.6 is 11.6 Å². The van der Waals surface area contributed by atoms with E-state index in [1.165, 1.54) is 24.0 Å². The van der Waals surface area contributed by atoms with Gasteiger partial charge in [0.1, 0.15) is 17.7 Å². The van der Waals surface area contributed by atoms with Crippen LogP contribution < -0.4 is 5.73 Å². The Morgan fingerprint density at radius 3 is 2.91 bits per heavy atom. The van der Waals surface area contributed by atoms with Gasteiger partial charge in [0.2, 0.25) is 11.5 Å². The van der Waals surface area contributed by atoms with Crippen molar-refractivity contribution in [3.63, 3.8) is 0 Å². The second-order valence-corrected chi connectivity index (χ2v) is 5.46. The molecule has 1 saturated heterocycles. The predicted molar refractivity (Wildman–Crippen MR) is 79.9 cm³/mol. The maximum Gasteiger partial charge on any atom is 0.222 e. The lowest BCUT2D eigenvalue weighted by atomic mass is 9.93. The third kappa shape index (κ3) is 2.41. The van der Waals surface area contributed by atoms with Crippen LogP contribution in [0.25, 0.3) is 11.2 Å². The van der Waals surface area contributed by atoms with Crippen molar-refractivity contribution in [2.45, 2.75) is 37.1 Å². The van der Waals surface area contributed by atoms with Gasteiger partial charge >= 0.3 is 0 Å². The van der Waals surface area contributed by atoms with Crippen LogP contribution in [0.3, 0.4) is 0 Å². The molecule has 1 fully saturated rings. The van der Waals surface area contributed by atoms with E-state index < -0.39 is 30.1 Å². The molecule has 0 spiro atoms. The number of hydrogen-bond acceptors (Lipinski definition) is 8. The van der Waals surface area contributed by atoms with Crippen molar-refractivity contribution in [3.8, 4) is 11.3 Å². The molecule has 0 amide bonds. The molecule has 5 N–H and O–H groups in total. The lowest BCUT2D eigenvalue weighted by Gasteiger charge is -2.26. The van der Waals surface area contributed by atoms with E-state index in [9.17, 15) is 15.3 Å². The Kier molecular flexibility index (Phi) is 3.87. The van der Waals surface area contributed by atoms with Crippen LogP contribution in [-0.4, -0.2) is 58.8 Å². The van der Waals surface area contributed by atoms with Gasteiger partial charge in [-0.05, 0) is 24.4 Å². The molecule has 2 aromatic heterocycles. The van der Waals surface area contributed by atoms with Gasteiger partial charge in [0.25, 0.3) is 0 Å². The van der Waals surface area contributed by atoms with Crippen molar-refractivity contribution in [2.75, 3.05) is 5.73 Å². The smallest absolute Gasteiger partial charge is 0.222 e. The summed E-state index contributed by atoms with van der Waals surface area (Å²) < 4.78 is 6.97. The molecule has 0 bridgehead atoms. The number of nitrogens with two attached hydrogens (primary N) is 1. The molecule has 9 nitrogen and oxygen atoms in total. The van der Waals surface area contributed by atoms with Gasteiger partial charge in [0.05, 0.1) is 18.6 Å². The summed E-state index contributed by atoms with van der Waals surface area (Å²) in [7, 11) is 0. The van der Waals surface area contributed by atoms with E-state index in [-0.39, 0.29) is 11.6 Å². The van der Waals surface area contributed by atoms with Crippen molar-refractivity contribution >= 4 is 28.7 Å².